The molecule has 1 aliphatic heterocycles. The molecule has 1 aliphatic rings. The fraction of sp³-hybridized carbons (Fsp3) is 0.429. The Balaban J connectivity index is 0.00000176. The van der Waals surface area contributed by atoms with Crippen molar-refractivity contribution in [2.45, 2.75) is 27.2 Å². The molecular formula is C21H30ClN3O2. The molecule has 0 bridgehead atoms. The van der Waals surface area contributed by atoms with Crippen molar-refractivity contribution < 1.29 is 4.79 Å². The molecule has 0 radical (unpaired) electrons. The molecule has 148 valence electrons. The van der Waals surface area contributed by atoms with E-state index in [1.165, 1.54) is 29.5 Å². The maximum Gasteiger partial charge on any atom is 0.252 e. The Morgan fingerprint density at radius 1 is 1.37 bits per heavy atom. The molecule has 0 saturated heterocycles. The van der Waals surface area contributed by atoms with Gasteiger partial charge < -0.3 is 10.3 Å². The van der Waals surface area contributed by atoms with Gasteiger partial charge in [-0.2, -0.15) is 0 Å². The van der Waals surface area contributed by atoms with Crippen LogP contribution in [0.15, 0.2) is 58.6 Å². The number of rotatable bonds is 7. The topological polar surface area (TPSA) is 65.2 Å². The Labute approximate surface area is 166 Å². The molecule has 0 aliphatic carbocycles. The summed E-state index contributed by atoms with van der Waals surface area (Å²) in [7, 11) is 0. The van der Waals surface area contributed by atoms with Crippen molar-refractivity contribution in [1.29, 1.82) is 0 Å². The number of alkyl halides is 1. The molecule has 1 amide bonds. The molecule has 0 atom stereocenters. The number of pyridine rings is 1. The van der Waals surface area contributed by atoms with Crippen LogP contribution in [-0.4, -0.2) is 47.9 Å². The second-order valence-corrected chi connectivity index (χ2v) is 6.09. The predicted molar refractivity (Wildman–Crippen MR) is 114 cm³/mol. The van der Waals surface area contributed by atoms with E-state index in [0.29, 0.717) is 18.0 Å². The highest BCUT2D eigenvalue weighted by Gasteiger charge is 2.13. The first-order chi connectivity index (χ1) is 13.1. The number of hydrogen-bond donors (Lipinski definition) is 2. The van der Waals surface area contributed by atoms with Gasteiger partial charge in [0.2, 0.25) is 5.56 Å². The number of allylic oxidation sites excluding steroid dienone is 4. The minimum atomic E-state index is -0.214. The second-order valence-electron chi connectivity index (χ2n) is 5.78. The maximum atomic E-state index is 12.0. The third-order valence-corrected chi connectivity index (χ3v) is 4.30. The molecule has 0 aromatic carbocycles. The maximum absolute atomic E-state index is 12.0. The fourth-order valence-electron chi connectivity index (χ4n) is 2.72. The van der Waals surface area contributed by atoms with Crippen molar-refractivity contribution in [3.05, 3.63) is 69.7 Å². The Morgan fingerprint density at radius 2 is 2.15 bits per heavy atom. The Bertz CT molecular complexity index is 715. The SMILES string of the molecule is C/C=C(\C=C/CCl)C1=CCN(CCNC(=O)c2ccc(=O)[nH]c2)CC1.CC. The summed E-state index contributed by atoms with van der Waals surface area (Å²) in [5, 5.41) is 2.88. The zero-order valence-electron chi connectivity index (χ0n) is 16.4. The predicted octanol–water partition coefficient (Wildman–Crippen LogP) is 3.50. The van der Waals surface area contributed by atoms with Crippen molar-refractivity contribution in [3.8, 4) is 0 Å². The summed E-state index contributed by atoms with van der Waals surface area (Å²) in [5.41, 5.74) is 2.82. The average molecular weight is 392 g/mol. The molecular weight excluding hydrogens is 362 g/mol. The number of halogens is 1. The lowest BCUT2D eigenvalue weighted by Gasteiger charge is -2.26. The Kier molecular flexibility index (Phi) is 11.1. The van der Waals surface area contributed by atoms with E-state index in [1.807, 2.05) is 26.8 Å². The highest BCUT2D eigenvalue weighted by Crippen LogP contribution is 2.20. The van der Waals surface area contributed by atoms with Crippen molar-refractivity contribution in [2.24, 2.45) is 0 Å². The molecule has 5 nitrogen and oxygen atoms in total. The largest absolute Gasteiger partial charge is 0.351 e. The summed E-state index contributed by atoms with van der Waals surface area (Å²) < 4.78 is 0. The molecule has 6 heteroatoms. The zero-order valence-corrected chi connectivity index (χ0v) is 17.2. The number of amides is 1. The summed E-state index contributed by atoms with van der Waals surface area (Å²) in [6, 6.07) is 2.88. The van der Waals surface area contributed by atoms with Crippen molar-refractivity contribution in [2.75, 3.05) is 32.1 Å². The number of nitrogens with one attached hydrogen (secondary N) is 2. The van der Waals surface area contributed by atoms with Crippen LogP contribution in [0.4, 0.5) is 0 Å². The number of nitrogens with zero attached hydrogens (tertiary/aromatic N) is 1. The van der Waals surface area contributed by atoms with Gasteiger partial charge in [-0.15, -0.1) is 11.6 Å². The van der Waals surface area contributed by atoms with Crippen LogP contribution >= 0.6 is 11.6 Å². The lowest BCUT2D eigenvalue weighted by Crippen LogP contribution is -2.37. The first-order valence-electron chi connectivity index (χ1n) is 9.41. The summed E-state index contributed by atoms with van der Waals surface area (Å²) >= 11 is 5.71. The van der Waals surface area contributed by atoms with E-state index in [4.69, 9.17) is 11.6 Å². The van der Waals surface area contributed by atoms with Crippen LogP contribution in [0.3, 0.4) is 0 Å². The van der Waals surface area contributed by atoms with Gasteiger partial charge in [0.05, 0.1) is 5.56 Å². The first-order valence-corrected chi connectivity index (χ1v) is 9.95. The van der Waals surface area contributed by atoms with E-state index in [0.717, 1.165) is 26.1 Å². The number of carbonyl (C=O) groups is 1. The smallest absolute Gasteiger partial charge is 0.252 e. The quantitative estimate of drug-likeness (QED) is 0.552. The number of carbonyl (C=O) groups excluding carboxylic acids is 1. The van der Waals surface area contributed by atoms with Crippen LogP contribution in [0.5, 0.6) is 0 Å². The van der Waals surface area contributed by atoms with Crippen LogP contribution in [0.2, 0.25) is 0 Å². The molecule has 1 aromatic rings. The van der Waals surface area contributed by atoms with E-state index in [-0.39, 0.29) is 11.5 Å². The standard InChI is InChI=1S/C19H24ClN3O2.C2H6/c1-2-15(4-3-9-20)16-7-11-23(12-8-16)13-10-21-19(25)17-5-6-18(24)22-14-17;1-2/h2-7,14H,8-13H2,1H3,(H,21,25)(H,22,24);1-2H3/b4-3-,15-2+;. The highest BCUT2D eigenvalue weighted by atomic mass is 35.5. The van der Waals surface area contributed by atoms with Crippen LogP contribution < -0.4 is 10.9 Å². The Hall–Kier alpha value is -2.11. The van der Waals surface area contributed by atoms with E-state index >= 15 is 0 Å². The Morgan fingerprint density at radius 3 is 2.70 bits per heavy atom. The van der Waals surface area contributed by atoms with Gasteiger partial charge in [0, 0.05) is 44.3 Å². The number of hydrogen-bond acceptors (Lipinski definition) is 3. The van der Waals surface area contributed by atoms with Gasteiger partial charge >= 0.3 is 0 Å². The third-order valence-electron chi connectivity index (χ3n) is 4.12. The molecule has 1 aromatic heterocycles. The van der Waals surface area contributed by atoms with Gasteiger partial charge in [-0.25, -0.2) is 0 Å². The van der Waals surface area contributed by atoms with E-state index < -0.39 is 0 Å². The normalized spacial score (nSPS) is 15.1. The van der Waals surface area contributed by atoms with Crippen molar-refractivity contribution in [3.63, 3.8) is 0 Å². The molecule has 0 spiro atoms. The number of aromatic amines is 1. The van der Waals surface area contributed by atoms with Crippen molar-refractivity contribution in [1.82, 2.24) is 15.2 Å². The molecule has 2 heterocycles. The lowest BCUT2D eigenvalue weighted by molar-refractivity contribution is 0.0948. The molecule has 0 saturated carbocycles. The van der Waals surface area contributed by atoms with Crippen LogP contribution in [0.25, 0.3) is 0 Å². The third kappa shape index (κ3) is 7.97. The zero-order chi connectivity index (χ0) is 20.1. The first kappa shape index (κ1) is 22.9. The van der Waals surface area contributed by atoms with Gasteiger partial charge in [-0.05, 0) is 30.6 Å². The lowest BCUT2D eigenvalue weighted by atomic mass is 9.99. The minimum absolute atomic E-state index is 0.174. The molecule has 2 N–H and O–H groups in total. The van der Waals surface area contributed by atoms with Gasteiger partial charge in [0.25, 0.3) is 5.91 Å². The minimum Gasteiger partial charge on any atom is -0.351 e. The van der Waals surface area contributed by atoms with E-state index in [9.17, 15) is 9.59 Å². The van der Waals surface area contributed by atoms with E-state index in [1.54, 1.807) is 0 Å². The van der Waals surface area contributed by atoms with Gasteiger partial charge in [-0.3, -0.25) is 14.5 Å². The molecule has 0 fully saturated rings. The van der Waals surface area contributed by atoms with Crippen molar-refractivity contribution >= 4 is 17.5 Å². The van der Waals surface area contributed by atoms with Gasteiger partial charge in [0.15, 0.2) is 0 Å². The van der Waals surface area contributed by atoms with Crippen LogP contribution in [0.1, 0.15) is 37.6 Å². The monoisotopic (exact) mass is 391 g/mol. The van der Waals surface area contributed by atoms with Gasteiger partial charge in [0.1, 0.15) is 0 Å². The highest BCUT2D eigenvalue weighted by molar-refractivity contribution is 6.18. The summed E-state index contributed by atoms with van der Waals surface area (Å²) in [6.07, 6.45) is 10.8. The summed E-state index contributed by atoms with van der Waals surface area (Å²) in [4.78, 5) is 27.8. The molecule has 27 heavy (non-hydrogen) atoms. The molecule has 2 rings (SSSR count). The second kappa shape index (κ2) is 13.1. The summed E-state index contributed by atoms with van der Waals surface area (Å²) in [5.74, 6) is 0.345. The number of aromatic nitrogens is 1. The number of H-pyrrole nitrogens is 1. The van der Waals surface area contributed by atoms with Crippen LogP contribution in [0, 0.1) is 0 Å². The van der Waals surface area contributed by atoms with Crippen LogP contribution in [-0.2, 0) is 0 Å². The molecule has 0 unspecified atom stereocenters. The summed E-state index contributed by atoms with van der Waals surface area (Å²) in [6.45, 7) is 9.24. The fourth-order valence-corrected chi connectivity index (χ4v) is 2.81. The average Bonchev–Trinajstić information content (AvgIpc) is 2.71. The van der Waals surface area contributed by atoms with Gasteiger partial charge in [-0.1, -0.05) is 38.2 Å². The van der Waals surface area contributed by atoms with E-state index in [2.05, 4.69) is 33.4 Å².